The normalized spacial score (nSPS) is 17.3. The van der Waals surface area contributed by atoms with Crippen molar-refractivity contribution in [2.75, 3.05) is 0 Å². The Morgan fingerprint density at radius 1 is 1.13 bits per heavy atom. The average molecular weight is 199 g/mol. The maximum atomic E-state index is 7.61. The van der Waals surface area contributed by atoms with E-state index in [-0.39, 0.29) is 0 Å². The first-order valence-electron chi connectivity index (χ1n) is 4.61. The van der Waals surface area contributed by atoms with Crippen molar-refractivity contribution >= 4 is 17.1 Å². The summed E-state index contributed by atoms with van der Waals surface area (Å²) in [6.45, 7) is 0. The molecule has 1 aromatic rings. The van der Waals surface area contributed by atoms with Crippen LogP contribution < -0.4 is 5.43 Å². The number of nitrogens with zero attached hydrogens (tertiary/aromatic N) is 2. The number of allylic oxidation sites excluding steroid dienone is 4. The Hall–Kier alpha value is -2.07. The van der Waals surface area contributed by atoms with E-state index >= 15 is 0 Å². The van der Waals surface area contributed by atoms with E-state index in [0.29, 0.717) is 11.4 Å². The first kappa shape index (κ1) is 9.48. The van der Waals surface area contributed by atoms with Crippen LogP contribution in [0.2, 0.25) is 0 Å². The number of rotatable bonds is 2. The van der Waals surface area contributed by atoms with Gasteiger partial charge >= 0.3 is 0 Å². The summed E-state index contributed by atoms with van der Waals surface area (Å²) in [6.07, 6.45) is 10.7. The van der Waals surface area contributed by atoms with Crippen LogP contribution in [0.3, 0.4) is 0 Å². The van der Waals surface area contributed by atoms with Gasteiger partial charge in [-0.15, -0.1) is 0 Å². The third-order valence-electron chi connectivity index (χ3n) is 1.96. The van der Waals surface area contributed by atoms with Gasteiger partial charge in [0.15, 0.2) is 5.69 Å². The van der Waals surface area contributed by atoms with E-state index in [9.17, 15) is 0 Å². The fraction of sp³-hybridized carbons (Fsp3) is 0. The first-order chi connectivity index (χ1) is 7.36. The summed E-state index contributed by atoms with van der Waals surface area (Å²) >= 11 is 0. The van der Waals surface area contributed by atoms with Gasteiger partial charge < -0.3 is 0 Å². The Balaban J connectivity index is 2.09. The Morgan fingerprint density at radius 3 is 2.60 bits per heavy atom. The molecule has 0 atom stereocenters. The van der Waals surface area contributed by atoms with Crippen LogP contribution in [0.4, 0.5) is 5.69 Å². The third-order valence-corrected chi connectivity index (χ3v) is 1.96. The Bertz CT molecular complexity index is 443. The lowest BCUT2D eigenvalue weighted by Crippen LogP contribution is -2.71. The zero-order valence-corrected chi connectivity index (χ0v) is 8.09. The summed E-state index contributed by atoms with van der Waals surface area (Å²) in [4.78, 5) is 3.92. The molecule has 0 saturated carbocycles. The Morgan fingerprint density at radius 2 is 1.87 bits per heavy atom. The van der Waals surface area contributed by atoms with Gasteiger partial charge in [0.05, 0.1) is 5.71 Å². The van der Waals surface area contributed by atoms with Crippen LogP contribution in [0.5, 0.6) is 0 Å². The summed E-state index contributed by atoms with van der Waals surface area (Å²) < 4.78 is 0. The van der Waals surface area contributed by atoms with E-state index in [1.54, 1.807) is 23.9 Å². The standard InChI is InChI=1S/C11H10N4/c12-10-3-1-2-4-11(10)15-14-9-5-7-13-8-6-9/h1-8,12H,(H,13,14)/p+1. The summed E-state index contributed by atoms with van der Waals surface area (Å²) in [5.74, 6) is 0. The minimum atomic E-state index is 0.433. The van der Waals surface area contributed by atoms with Gasteiger partial charge in [-0.25, -0.2) is 0 Å². The monoisotopic (exact) mass is 199 g/mol. The molecule has 3 N–H and O–H groups in total. The quantitative estimate of drug-likeness (QED) is 0.412. The molecular weight excluding hydrogens is 188 g/mol. The van der Waals surface area contributed by atoms with Crippen LogP contribution in [0.25, 0.3) is 0 Å². The number of quaternary nitrogens is 1. The molecule has 1 aromatic heterocycles. The SMILES string of the molecule is N=C1C=CC=CC1=N[NH2+]c1ccncc1. The van der Waals surface area contributed by atoms with Crippen molar-refractivity contribution in [2.45, 2.75) is 0 Å². The first-order valence-corrected chi connectivity index (χ1v) is 4.61. The van der Waals surface area contributed by atoms with Crippen molar-refractivity contribution in [3.05, 3.63) is 48.8 Å². The number of nitrogens with two attached hydrogens (primary N) is 1. The largest absolute Gasteiger partial charge is 0.298 e. The van der Waals surface area contributed by atoms with Crippen molar-refractivity contribution in [1.82, 2.24) is 4.98 Å². The molecule has 1 aliphatic carbocycles. The molecule has 15 heavy (non-hydrogen) atoms. The van der Waals surface area contributed by atoms with Gasteiger partial charge in [-0.2, -0.15) is 5.43 Å². The van der Waals surface area contributed by atoms with E-state index < -0.39 is 0 Å². The maximum absolute atomic E-state index is 7.61. The van der Waals surface area contributed by atoms with E-state index in [0.717, 1.165) is 5.69 Å². The lowest BCUT2D eigenvalue weighted by molar-refractivity contribution is -0.577. The molecule has 0 spiro atoms. The molecule has 2 rings (SSSR count). The summed E-state index contributed by atoms with van der Waals surface area (Å²) in [6, 6.07) is 3.74. The Kier molecular flexibility index (Phi) is 2.80. The molecule has 0 unspecified atom stereocenters. The van der Waals surface area contributed by atoms with Crippen LogP contribution in [-0.4, -0.2) is 16.4 Å². The van der Waals surface area contributed by atoms with Crippen LogP contribution in [0.1, 0.15) is 0 Å². The zero-order valence-electron chi connectivity index (χ0n) is 8.09. The smallest absolute Gasteiger partial charge is 0.158 e. The van der Waals surface area contributed by atoms with Crippen molar-refractivity contribution in [2.24, 2.45) is 5.10 Å². The van der Waals surface area contributed by atoms with E-state index in [2.05, 4.69) is 10.1 Å². The molecule has 0 amide bonds. The van der Waals surface area contributed by atoms with Crippen molar-refractivity contribution < 1.29 is 5.43 Å². The van der Waals surface area contributed by atoms with Gasteiger partial charge in [-0.05, 0) is 12.2 Å². The molecular formula is C11H11N4+. The molecule has 0 radical (unpaired) electrons. The van der Waals surface area contributed by atoms with E-state index in [1.807, 2.05) is 30.4 Å². The molecule has 0 aliphatic heterocycles. The number of nitrogens with one attached hydrogen (secondary N) is 1. The second kappa shape index (κ2) is 4.43. The molecule has 1 aliphatic rings. The Labute approximate surface area is 87.6 Å². The van der Waals surface area contributed by atoms with Gasteiger partial charge in [-0.1, -0.05) is 17.3 Å². The molecule has 0 aromatic carbocycles. The molecule has 1 heterocycles. The second-order valence-corrected chi connectivity index (χ2v) is 3.06. The second-order valence-electron chi connectivity index (χ2n) is 3.06. The number of pyridine rings is 1. The summed E-state index contributed by atoms with van der Waals surface area (Å²) in [5.41, 5.74) is 3.82. The highest BCUT2D eigenvalue weighted by Crippen LogP contribution is 1.96. The minimum absolute atomic E-state index is 0.433. The average Bonchev–Trinajstić information content (AvgIpc) is 2.29. The van der Waals surface area contributed by atoms with Crippen LogP contribution in [0, 0.1) is 5.41 Å². The number of hydrogen-bond acceptors (Lipinski definition) is 3. The topological polar surface area (TPSA) is 65.7 Å². The van der Waals surface area contributed by atoms with Gasteiger partial charge in [0.1, 0.15) is 5.71 Å². The summed E-state index contributed by atoms with van der Waals surface area (Å²) in [5, 5.41) is 11.8. The van der Waals surface area contributed by atoms with Crippen LogP contribution in [-0.2, 0) is 0 Å². The van der Waals surface area contributed by atoms with Gasteiger partial charge in [0, 0.05) is 24.5 Å². The fourth-order valence-electron chi connectivity index (χ4n) is 1.18. The lowest BCUT2D eigenvalue weighted by atomic mass is 10.1. The van der Waals surface area contributed by atoms with Gasteiger partial charge in [0.2, 0.25) is 0 Å². The van der Waals surface area contributed by atoms with Crippen LogP contribution >= 0.6 is 0 Å². The van der Waals surface area contributed by atoms with Crippen molar-refractivity contribution in [3.8, 4) is 0 Å². The highest BCUT2D eigenvalue weighted by atomic mass is 15.3. The maximum Gasteiger partial charge on any atom is 0.158 e. The van der Waals surface area contributed by atoms with E-state index in [1.165, 1.54) is 0 Å². The third kappa shape index (κ3) is 2.45. The predicted molar refractivity (Wildman–Crippen MR) is 59.3 cm³/mol. The number of hydrogen-bond donors (Lipinski definition) is 2. The van der Waals surface area contributed by atoms with Crippen molar-refractivity contribution in [3.63, 3.8) is 0 Å². The van der Waals surface area contributed by atoms with Gasteiger partial charge in [0.25, 0.3) is 0 Å². The summed E-state index contributed by atoms with van der Waals surface area (Å²) in [7, 11) is 0. The molecule has 0 saturated heterocycles. The highest BCUT2D eigenvalue weighted by molar-refractivity contribution is 6.49. The van der Waals surface area contributed by atoms with Crippen molar-refractivity contribution in [1.29, 1.82) is 5.41 Å². The zero-order chi connectivity index (χ0) is 10.5. The predicted octanol–water partition coefficient (Wildman–Crippen LogP) is 0.778. The fourth-order valence-corrected chi connectivity index (χ4v) is 1.18. The molecule has 0 fully saturated rings. The number of aromatic nitrogens is 1. The lowest BCUT2D eigenvalue weighted by Gasteiger charge is -2.00. The molecule has 74 valence electrons. The van der Waals surface area contributed by atoms with E-state index in [4.69, 9.17) is 5.41 Å². The highest BCUT2D eigenvalue weighted by Gasteiger charge is 2.05. The van der Waals surface area contributed by atoms with Crippen LogP contribution in [0.15, 0.2) is 53.9 Å². The minimum Gasteiger partial charge on any atom is -0.298 e. The molecule has 4 nitrogen and oxygen atoms in total. The van der Waals surface area contributed by atoms with Gasteiger partial charge in [-0.3, -0.25) is 10.4 Å². The molecule has 0 bridgehead atoms. The molecule has 4 heteroatoms.